The highest BCUT2D eigenvalue weighted by Gasteiger charge is 2.31. The van der Waals surface area contributed by atoms with E-state index < -0.39 is 5.92 Å². The second kappa shape index (κ2) is 6.10. The minimum Gasteiger partial charge on any atom is -0.293 e. The second-order valence-corrected chi connectivity index (χ2v) is 5.12. The maximum Gasteiger partial charge on any atom is 0.210 e. The lowest BCUT2D eigenvalue weighted by molar-refractivity contribution is 0.0902. The highest BCUT2D eigenvalue weighted by atomic mass is 35.5. The van der Waals surface area contributed by atoms with E-state index in [1.54, 1.807) is 6.07 Å². The van der Waals surface area contributed by atoms with E-state index in [9.17, 15) is 9.59 Å². The number of carbonyl (C=O) groups is 1. The summed E-state index contributed by atoms with van der Waals surface area (Å²) in [5, 5.41) is 0.353. The van der Waals surface area contributed by atoms with Gasteiger partial charge in [-0.3, -0.25) is 14.6 Å². The molecule has 0 saturated heterocycles. The molecule has 0 spiro atoms. The summed E-state index contributed by atoms with van der Waals surface area (Å²) in [6.45, 7) is 0. The van der Waals surface area contributed by atoms with E-state index in [4.69, 9.17) is 11.6 Å². The van der Waals surface area contributed by atoms with Gasteiger partial charge in [0.05, 0.1) is 16.5 Å². The van der Waals surface area contributed by atoms with E-state index >= 15 is 0 Å². The van der Waals surface area contributed by atoms with Crippen molar-refractivity contribution in [3.8, 4) is 0 Å². The Balaban J connectivity index is 2.19. The number of Topliss-reactive ketones (excluding diaryl/α,β-unsaturated/α-hetero) is 1. The first-order chi connectivity index (χ1) is 8.74. The van der Waals surface area contributed by atoms with Crippen LogP contribution in [0.3, 0.4) is 0 Å². The summed E-state index contributed by atoms with van der Waals surface area (Å²) < 4.78 is 0. The quantitative estimate of drug-likeness (QED) is 0.620. The molecule has 0 aromatic carbocycles. The molecule has 1 aliphatic carbocycles. The van der Waals surface area contributed by atoms with E-state index in [2.05, 4.69) is 4.98 Å². The van der Waals surface area contributed by atoms with Gasteiger partial charge in [0.25, 0.3) is 0 Å². The van der Waals surface area contributed by atoms with Gasteiger partial charge in [-0.05, 0) is 24.8 Å². The zero-order chi connectivity index (χ0) is 13.0. The van der Waals surface area contributed by atoms with E-state index in [1.807, 2.05) is 6.29 Å². The Morgan fingerprint density at radius 2 is 2.11 bits per heavy atom. The van der Waals surface area contributed by atoms with E-state index in [1.165, 1.54) is 18.8 Å². The van der Waals surface area contributed by atoms with Gasteiger partial charge in [-0.15, -0.1) is 0 Å². The van der Waals surface area contributed by atoms with E-state index in [-0.39, 0.29) is 11.7 Å². The number of rotatable bonds is 4. The molecule has 0 amide bonds. The molecule has 18 heavy (non-hydrogen) atoms. The van der Waals surface area contributed by atoms with Crippen molar-refractivity contribution < 1.29 is 9.59 Å². The lowest BCUT2D eigenvalue weighted by atomic mass is 9.77. The fourth-order valence-corrected chi connectivity index (χ4v) is 2.76. The lowest BCUT2D eigenvalue weighted by Crippen LogP contribution is -2.27. The average Bonchev–Trinajstić information content (AvgIpc) is 2.41. The van der Waals surface area contributed by atoms with Gasteiger partial charge in [-0.25, -0.2) is 0 Å². The third-order valence-electron chi connectivity index (χ3n) is 3.56. The van der Waals surface area contributed by atoms with E-state index in [0.29, 0.717) is 10.6 Å². The molecule has 1 unspecified atom stereocenters. The molecule has 1 fully saturated rings. The highest BCUT2D eigenvalue weighted by molar-refractivity contribution is 6.34. The molecule has 1 aromatic rings. The monoisotopic (exact) mass is 264 g/mol. The van der Waals surface area contributed by atoms with Crippen LogP contribution in [0, 0.1) is 11.8 Å². The molecule has 1 radical (unpaired) electrons. The van der Waals surface area contributed by atoms with Crippen LogP contribution in [0.25, 0.3) is 0 Å². The Hall–Kier alpha value is -1.22. The predicted molar refractivity (Wildman–Crippen MR) is 69.3 cm³/mol. The van der Waals surface area contributed by atoms with Crippen molar-refractivity contribution in [2.24, 2.45) is 11.8 Å². The zero-order valence-corrected chi connectivity index (χ0v) is 10.8. The normalized spacial score (nSPS) is 18.3. The summed E-state index contributed by atoms with van der Waals surface area (Å²) in [5.41, 5.74) is 0.332. The van der Waals surface area contributed by atoms with Gasteiger partial charge in [-0.1, -0.05) is 30.9 Å². The molecule has 1 atom stereocenters. The Morgan fingerprint density at radius 3 is 2.72 bits per heavy atom. The third-order valence-corrected chi connectivity index (χ3v) is 3.89. The van der Waals surface area contributed by atoms with Crippen molar-refractivity contribution in [1.29, 1.82) is 0 Å². The topological polar surface area (TPSA) is 47.0 Å². The van der Waals surface area contributed by atoms with Gasteiger partial charge in [0, 0.05) is 12.4 Å². The van der Waals surface area contributed by atoms with Gasteiger partial charge >= 0.3 is 0 Å². The maximum absolute atomic E-state index is 12.3. The Kier molecular flexibility index (Phi) is 4.48. The number of nitrogens with zero attached hydrogens (tertiary/aromatic N) is 1. The van der Waals surface area contributed by atoms with Crippen molar-refractivity contribution in [2.45, 2.75) is 32.1 Å². The number of hydrogen-bond donors (Lipinski definition) is 0. The summed E-state index contributed by atoms with van der Waals surface area (Å²) in [4.78, 5) is 27.3. The molecule has 0 bridgehead atoms. The molecule has 0 aliphatic heterocycles. The molecule has 1 aliphatic rings. The summed E-state index contributed by atoms with van der Waals surface area (Å²) in [7, 11) is 0. The van der Waals surface area contributed by atoms with Crippen LogP contribution in [0.1, 0.15) is 42.5 Å². The lowest BCUT2D eigenvalue weighted by Gasteiger charge is -2.25. The summed E-state index contributed by atoms with van der Waals surface area (Å²) in [6.07, 6.45) is 10.1. The highest BCUT2D eigenvalue weighted by Crippen LogP contribution is 2.32. The van der Waals surface area contributed by atoms with Crippen LogP contribution in [0.2, 0.25) is 5.02 Å². The Bertz CT molecular complexity index is 441. The summed E-state index contributed by atoms with van der Waals surface area (Å²) >= 11 is 5.97. The fourth-order valence-electron chi connectivity index (χ4n) is 2.56. The standard InChI is InChI=1S/C14H15ClNO2/c15-13-6-7-16-8-11(13)14(18)12(9-17)10-4-2-1-3-5-10/h6-8,10,12H,1-5H2. The molecule has 1 heterocycles. The van der Waals surface area contributed by atoms with Crippen molar-refractivity contribution in [1.82, 2.24) is 4.98 Å². The summed E-state index contributed by atoms with van der Waals surface area (Å²) in [6, 6.07) is 1.57. The number of pyridine rings is 1. The Labute approximate surface area is 112 Å². The fraction of sp³-hybridized carbons (Fsp3) is 0.500. The SMILES string of the molecule is O=[C]C(C(=O)c1cnccc1Cl)C1CCCCC1. The van der Waals surface area contributed by atoms with Gasteiger partial charge in [0.15, 0.2) is 5.78 Å². The van der Waals surface area contributed by atoms with Crippen molar-refractivity contribution in [3.63, 3.8) is 0 Å². The zero-order valence-electron chi connectivity index (χ0n) is 10.1. The second-order valence-electron chi connectivity index (χ2n) is 4.71. The van der Waals surface area contributed by atoms with Crippen molar-refractivity contribution in [2.75, 3.05) is 0 Å². The van der Waals surface area contributed by atoms with E-state index in [0.717, 1.165) is 25.7 Å². The number of aromatic nitrogens is 1. The molecule has 2 rings (SSSR count). The minimum absolute atomic E-state index is 0.111. The number of halogens is 1. The molecule has 1 saturated carbocycles. The first-order valence-corrected chi connectivity index (χ1v) is 6.63. The molecular weight excluding hydrogens is 250 g/mol. The van der Waals surface area contributed by atoms with Crippen molar-refractivity contribution in [3.05, 3.63) is 29.0 Å². The van der Waals surface area contributed by atoms with Crippen LogP contribution in [0.15, 0.2) is 18.5 Å². The molecule has 3 nitrogen and oxygen atoms in total. The van der Waals surface area contributed by atoms with Crippen molar-refractivity contribution >= 4 is 23.7 Å². The van der Waals surface area contributed by atoms with Gasteiger partial charge in [0.1, 0.15) is 0 Å². The molecule has 4 heteroatoms. The maximum atomic E-state index is 12.3. The van der Waals surface area contributed by atoms with Crippen LogP contribution in [0.4, 0.5) is 0 Å². The van der Waals surface area contributed by atoms with Crippen LogP contribution in [-0.2, 0) is 4.79 Å². The number of hydrogen-bond acceptors (Lipinski definition) is 3. The minimum atomic E-state index is -0.688. The van der Waals surface area contributed by atoms with Gasteiger partial charge in [0.2, 0.25) is 6.29 Å². The average molecular weight is 265 g/mol. The smallest absolute Gasteiger partial charge is 0.210 e. The molecule has 1 aromatic heterocycles. The predicted octanol–water partition coefficient (Wildman–Crippen LogP) is 3.22. The third kappa shape index (κ3) is 2.78. The molecule has 95 valence electrons. The summed E-state index contributed by atoms with van der Waals surface area (Å²) in [5.74, 6) is -0.818. The number of ketones is 1. The van der Waals surface area contributed by atoms with Crippen LogP contribution < -0.4 is 0 Å². The van der Waals surface area contributed by atoms with Gasteiger partial charge < -0.3 is 0 Å². The Morgan fingerprint density at radius 1 is 1.39 bits per heavy atom. The van der Waals surface area contributed by atoms with Crippen LogP contribution in [0.5, 0.6) is 0 Å². The molecular formula is C14H15ClNO2. The first-order valence-electron chi connectivity index (χ1n) is 6.25. The van der Waals surface area contributed by atoms with Crippen LogP contribution >= 0.6 is 11.6 Å². The largest absolute Gasteiger partial charge is 0.293 e. The number of carbonyl (C=O) groups excluding carboxylic acids is 2. The van der Waals surface area contributed by atoms with Crippen LogP contribution in [-0.4, -0.2) is 17.1 Å². The first kappa shape index (κ1) is 13.2. The van der Waals surface area contributed by atoms with Gasteiger partial charge in [-0.2, -0.15) is 0 Å². The molecule has 0 N–H and O–H groups in total.